The molecule has 2 amide bonds. The average molecular weight is 657 g/mol. The molecule has 1 aromatic carbocycles. The van der Waals surface area contributed by atoms with Gasteiger partial charge in [0.25, 0.3) is 0 Å². The third-order valence-electron chi connectivity index (χ3n) is 6.43. The second-order valence-electron chi connectivity index (χ2n) is 9.14. The molecule has 19 heteroatoms. The van der Waals surface area contributed by atoms with Gasteiger partial charge in [0.05, 0.1) is 16.3 Å². The molecule has 2 aliphatic heterocycles. The number of carbonyl (C=O) groups is 4. The van der Waals surface area contributed by atoms with Crippen molar-refractivity contribution in [3.05, 3.63) is 39.9 Å². The van der Waals surface area contributed by atoms with Crippen LogP contribution in [0.1, 0.15) is 21.3 Å². The van der Waals surface area contributed by atoms with E-state index in [2.05, 4.69) is 25.8 Å². The minimum absolute atomic E-state index is 0.0358. The van der Waals surface area contributed by atoms with E-state index in [4.69, 9.17) is 17.3 Å². The van der Waals surface area contributed by atoms with E-state index in [1.54, 1.807) is 12.4 Å². The fourth-order valence-corrected chi connectivity index (χ4v) is 9.07. The molecule has 0 spiro atoms. The summed E-state index contributed by atoms with van der Waals surface area (Å²) >= 11 is 10.8. The summed E-state index contributed by atoms with van der Waals surface area (Å²) in [7, 11) is 1.65. The fourth-order valence-electron chi connectivity index (χ4n) is 4.27. The fraction of sp³-hybridized carbons (Fsp3) is 0.364. The monoisotopic (exact) mass is 656 g/mol. The van der Waals surface area contributed by atoms with Crippen LogP contribution in [0.5, 0.6) is 0 Å². The van der Waals surface area contributed by atoms with Gasteiger partial charge >= 0.3 is 11.9 Å². The van der Waals surface area contributed by atoms with Crippen molar-refractivity contribution in [2.45, 2.75) is 26.7 Å². The van der Waals surface area contributed by atoms with Gasteiger partial charge in [-0.25, -0.2) is 14.5 Å². The van der Waals surface area contributed by atoms with Gasteiger partial charge in [0, 0.05) is 35.4 Å². The van der Waals surface area contributed by atoms with Crippen LogP contribution in [0.3, 0.4) is 0 Å². The predicted octanol–water partition coefficient (Wildman–Crippen LogP) is 1.70. The Morgan fingerprint density at radius 2 is 2.12 bits per heavy atom. The van der Waals surface area contributed by atoms with Crippen molar-refractivity contribution in [2.24, 2.45) is 12.5 Å². The molecule has 5 N–H and O–H groups in total. The number of carbonyl (C=O) groups excluding carboxylic acids is 2. The van der Waals surface area contributed by atoms with E-state index in [0.29, 0.717) is 5.16 Å². The van der Waals surface area contributed by atoms with Crippen LogP contribution >= 0.6 is 58.2 Å². The number of carboxylic acid groups (broad SMARTS) is 2. The van der Waals surface area contributed by atoms with Gasteiger partial charge in [0.1, 0.15) is 22.1 Å². The van der Waals surface area contributed by atoms with Gasteiger partial charge in [0.2, 0.25) is 17.0 Å². The topological polar surface area (TPSA) is 207 Å². The number of aryl methyl sites for hydroxylation is 1. The SMILES string of the molecule is Cn1nnnc1SCC1(C(=O)O)CS[C@@H]2C(NC(=O)C(Sc3c(Cl)cccc3C(=O)O)c3csc(N)n3)C(=O)N2C1. The Labute approximate surface area is 253 Å². The Morgan fingerprint density at radius 1 is 1.34 bits per heavy atom. The lowest BCUT2D eigenvalue weighted by Crippen LogP contribution is -2.74. The van der Waals surface area contributed by atoms with Crippen molar-refractivity contribution < 1.29 is 29.4 Å². The standard InChI is InChI=1S/C22H21ClN8O6S4/c1-30-21(27-28-29-30)40-8-22(19(36)37)6-31-16(33)12(17(31)39-7-22)26-15(32)14(11-5-38-20(24)25-11)41-13-9(18(34)35)3-2-4-10(13)23/h2-5,12,14,17H,6-8H2,1H3,(H2,24,25)(H,26,32)(H,34,35)(H,36,37)/t12?,14?,17-,22?/m1/s1. The van der Waals surface area contributed by atoms with Crippen LogP contribution in [0.2, 0.25) is 5.02 Å². The number of thioether (sulfide) groups is 3. The number of β-lactam (4-membered cyclic amide) rings is 1. The van der Waals surface area contributed by atoms with E-state index in [1.165, 1.54) is 51.3 Å². The summed E-state index contributed by atoms with van der Waals surface area (Å²) in [6.45, 7) is -0.0358. The van der Waals surface area contributed by atoms with Crippen LogP contribution in [-0.4, -0.2) is 93.5 Å². The number of carboxylic acids is 2. The van der Waals surface area contributed by atoms with Crippen molar-refractivity contribution in [3.63, 3.8) is 0 Å². The zero-order valence-corrected chi connectivity index (χ0v) is 25.0. The van der Waals surface area contributed by atoms with Crippen LogP contribution < -0.4 is 11.1 Å². The third kappa shape index (κ3) is 5.70. The zero-order valence-electron chi connectivity index (χ0n) is 21.0. The first-order valence-electron chi connectivity index (χ1n) is 11.7. The molecule has 3 aromatic rings. The van der Waals surface area contributed by atoms with Crippen LogP contribution in [0, 0.1) is 5.41 Å². The maximum absolute atomic E-state index is 13.6. The lowest BCUT2D eigenvalue weighted by Gasteiger charge is -2.53. The summed E-state index contributed by atoms with van der Waals surface area (Å²) in [6, 6.07) is 3.48. The molecule has 0 bridgehead atoms. The maximum atomic E-state index is 13.6. The number of nitrogens with one attached hydrogen (secondary N) is 1. The normalized spacial score (nSPS) is 22.5. The van der Waals surface area contributed by atoms with Crippen molar-refractivity contribution in [1.29, 1.82) is 0 Å². The Hall–Kier alpha value is -3.06. The maximum Gasteiger partial charge on any atom is 0.336 e. The number of hydrogen-bond donors (Lipinski definition) is 4. The van der Waals surface area contributed by atoms with Crippen LogP contribution in [0.25, 0.3) is 0 Å². The Morgan fingerprint density at radius 3 is 2.76 bits per heavy atom. The smallest absolute Gasteiger partial charge is 0.336 e. The Bertz CT molecular complexity index is 1540. The number of nitrogen functional groups attached to an aromatic ring is 1. The zero-order chi connectivity index (χ0) is 29.5. The number of benzene rings is 1. The van der Waals surface area contributed by atoms with Crippen LogP contribution in [-0.2, 0) is 21.4 Å². The second kappa shape index (κ2) is 11.7. The molecule has 4 heterocycles. The molecule has 2 aliphatic rings. The molecule has 14 nitrogen and oxygen atoms in total. The minimum atomic E-state index is -1.24. The molecule has 2 saturated heterocycles. The number of aromatic carboxylic acids is 1. The number of thiazole rings is 1. The molecule has 0 aliphatic carbocycles. The largest absolute Gasteiger partial charge is 0.481 e. The number of anilines is 1. The number of fused-ring (bicyclic) bond motifs is 1. The summed E-state index contributed by atoms with van der Waals surface area (Å²) < 4.78 is 1.44. The highest BCUT2D eigenvalue weighted by Gasteiger charge is 2.57. The number of nitrogens with two attached hydrogens (primary N) is 1. The molecule has 2 aromatic heterocycles. The molecule has 0 radical (unpaired) electrons. The summed E-state index contributed by atoms with van der Waals surface area (Å²) in [5.74, 6) is -2.93. The molecular formula is C22H21ClN8O6S4. The number of halogens is 1. The van der Waals surface area contributed by atoms with Gasteiger partial charge in [0.15, 0.2) is 5.13 Å². The average Bonchev–Trinajstić information content (AvgIpc) is 3.56. The number of aromatic nitrogens is 5. The Kier molecular flexibility index (Phi) is 8.38. The molecule has 4 atom stereocenters. The molecule has 216 valence electrons. The highest BCUT2D eigenvalue weighted by atomic mass is 35.5. The summed E-state index contributed by atoms with van der Waals surface area (Å²) in [4.78, 5) is 56.7. The molecule has 5 rings (SSSR count). The third-order valence-corrected chi connectivity index (χ3v) is 11.8. The van der Waals surface area contributed by atoms with Crippen molar-refractivity contribution in [3.8, 4) is 0 Å². The number of amides is 2. The number of rotatable bonds is 10. The van der Waals surface area contributed by atoms with E-state index in [1.807, 2.05) is 0 Å². The molecule has 0 saturated carbocycles. The van der Waals surface area contributed by atoms with Crippen molar-refractivity contribution >= 4 is 87.1 Å². The van der Waals surface area contributed by atoms with Crippen LogP contribution in [0.4, 0.5) is 5.13 Å². The second-order valence-corrected chi connectivity index (χ2v) is 13.6. The number of nitrogens with zero attached hydrogens (tertiary/aromatic N) is 6. The van der Waals surface area contributed by atoms with E-state index in [0.717, 1.165) is 23.1 Å². The Balaban J connectivity index is 1.32. The van der Waals surface area contributed by atoms with Gasteiger partial charge in [-0.3, -0.25) is 14.4 Å². The van der Waals surface area contributed by atoms with Crippen molar-refractivity contribution in [2.75, 3.05) is 23.8 Å². The van der Waals surface area contributed by atoms with E-state index in [9.17, 15) is 29.4 Å². The molecule has 3 unspecified atom stereocenters. The molecule has 41 heavy (non-hydrogen) atoms. The van der Waals surface area contributed by atoms with Crippen LogP contribution in [0.15, 0.2) is 33.6 Å². The lowest BCUT2D eigenvalue weighted by atomic mass is 9.89. The van der Waals surface area contributed by atoms with Crippen molar-refractivity contribution in [1.82, 2.24) is 35.4 Å². The lowest BCUT2D eigenvalue weighted by molar-refractivity contribution is -0.157. The number of aliphatic carboxylic acids is 1. The molecule has 2 fully saturated rings. The van der Waals surface area contributed by atoms with Gasteiger partial charge in [-0.2, -0.15) is 0 Å². The first kappa shape index (κ1) is 29.4. The van der Waals surface area contributed by atoms with E-state index < -0.39 is 45.8 Å². The predicted molar refractivity (Wildman–Crippen MR) is 153 cm³/mol. The van der Waals surface area contributed by atoms with Gasteiger partial charge in [-0.15, -0.1) is 40.0 Å². The highest BCUT2D eigenvalue weighted by Crippen LogP contribution is 2.46. The quantitative estimate of drug-likeness (QED) is 0.181. The summed E-state index contributed by atoms with van der Waals surface area (Å²) in [6.07, 6.45) is 0. The highest BCUT2D eigenvalue weighted by molar-refractivity contribution is 8.01. The minimum Gasteiger partial charge on any atom is -0.481 e. The van der Waals surface area contributed by atoms with Gasteiger partial charge in [-0.1, -0.05) is 29.4 Å². The number of tetrazole rings is 1. The molecular weight excluding hydrogens is 636 g/mol. The number of hydrogen-bond acceptors (Lipinski definition) is 13. The van der Waals surface area contributed by atoms with Gasteiger partial charge < -0.3 is 26.2 Å². The summed E-state index contributed by atoms with van der Waals surface area (Å²) in [5, 5.41) is 34.5. The van der Waals surface area contributed by atoms with Gasteiger partial charge in [-0.05, 0) is 22.6 Å². The first-order valence-corrected chi connectivity index (χ1v) is 15.9. The first-order chi connectivity index (χ1) is 19.5. The van der Waals surface area contributed by atoms with E-state index in [-0.39, 0.29) is 44.4 Å². The summed E-state index contributed by atoms with van der Waals surface area (Å²) in [5.41, 5.74) is 4.76. The van der Waals surface area contributed by atoms with E-state index >= 15 is 0 Å².